The topological polar surface area (TPSA) is 46.5 Å². The SMILES string of the molecule is C=CCC1C=CCC(C(=O)OC)=C1O. The van der Waals surface area contributed by atoms with Gasteiger partial charge in [0.25, 0.3) is 0 Å². The molecule has 0 radical (unpaired) electrons. The molecule has 76 valence electrons. The molecule has 0 spiro atoms. The van der Waals surface area contributed by atoms with Crippen LogP contribution in [0.4, 0.5) is 0 Å². The van der Waals surface area contributed by atoms with Gasteiger partial charge in [0.1, 0.15) is 5.76 Å². The van der Waals surface area contributed by atoms with Gasteiger partial charge >= 0.3 is 5.97 Å². The molecule has 0 amide bonds. The highest BCUT2D eigenvalue weighted by atomic mass is 16.5. The molecule has 1 unspecified atom stereocenters. The van der Waals surface area contributed by atoms with Gasteiger partial charge in [-0.05, 0) is 6.42 Å². The van der Waals surface area contributed by atoms with Gasteiger partial charge in [0.05, 0.1) is 12.7 Å². The lowest BCUT2D eigenvalue weighted by atomic mass is 9.92. The Morgan fingerprint density at radius 3 is 3.14 bits per heavy atom. The second kappa shape index (κ2) is 4.65. The highest BCUT2D eigenvalue weighted by Crippen LogP contribution is 2.26. The van der Waals surface area contributed by atoms with Crippen molar-refractivity contribution in [3.05, 3.63) is 36.1 Å². The molecule has 0 bridgehead atoms. The molecule has 1 N–H and O–H groups in total. The maximum Gasteiger partial charge on any atom is 0.337 e. The maximum atomic E-state index is 11.2. The van der Waals surface area contributed by atoms with Crippen molar-refractivity contribution in [2.45, 2.75) is 12.8 Å². The smallest absolute Gasteiger partial charge is 0.337 e. The number of esters is 1. The lowest BCUT2D eigenvalue weighted by Crippen LogP contribution is -2.14. The molecule has 1 aliphatic carbocycles. The maximum absolute atomic E-state index is 11.2. The van der Waals surface area contributed by atoms with Crippen molar-refractivity contribution in [3.8, 4) is 0 Å². The van der Waals surface area contributed by atoms with E-state index in [-0.39, 0.29) is 11.7 Å². The van der Waals surface area contributed by atoms with Gasteiger partial charge in [0.2, 0.25) is 0 Å². The Labute approximate surface area is 83.4 Å². The second-order valence-corrected chi connectivity index (χ2v) is 3.12. The fraction of sp³-hybridized carbons (Fsp3) is 0.364. The first-order valence-corrected chi connectivity index (χ1v) is 4.48. The molecule has 0 saturated carbocycles. The van der Waals surface area contributed by atoms with Crippen LogP contribution >= 0.6 is 0 Å². The minimum absolute atomic E-state index is 0.110. The van der Waals surface area contributed by atoms with Crippen molar-refractivity contribution in [3.63, 3.8) is 0 Å². The van der Waals surface area contributed by atoms with E-state index in [1.54, 1.807) is 6.08 Å². The molecular weight excluding hydrogens is 180 g/mol. The fourth-order valence-corrected chi connectivity index (χ4v) is 1.45. The van der Waals surface area contributed by atoms with Gasteiger partial charge < -0.3 is 9.84 Å². The van der Waals surface area contributed by atoms with Crippen LogP contribution in [-0.2, 0) is 9.53 Å². The number of carbonyl (C=O) groups is 1. The molecule has 0 aromatic carbocycles. The molecular formula is C11H14O3. The van der Waals surface area contributed by atoms with E-state index in [1.165, 1.54) is 7.11 Å². The summed E-state index contributed by atoms with van der Waals surface area (Å²) in [5.74, 6) is -0.476. The largest absolute Gasteiger partial charge is 0.511 e. The molecule has 0 fully saturated rings. The fourth-order valence-electron chi connectivity index (χ4n) is 1.45. The average molecular weight is 194 g/mol. The standard InChI is InChI=1S/C11H14O3/c1-3-5-8-6-4-7-9(10(8)12)11(13)14-2/h3-4,6,8,12H,1,5,7H2,2H3. The normalized spacial score (nSPS) is 20.8. The van der Waals surface area contributed by atoms with Gasteiger partial charge in [-0.3, -0.25) is 0 Å². The highest BCUT2D eigenvalue weighted by molar-refractivity contribution is 5.89. The molecule has 1 rings (SSSR count). The van der Waals surface area contributed by atoms with E-state index >= 15 is 0 Å². The molecule has 0 saturated heterocycles. The van der Waals surface area contributed by atoms with Crippen LogP contribution in [0, 0.1) is 5.92 Å². The molecule has 0 aromatic heterocycles. The Morgan fingerprint density at radius 2 is 2.57 bits per heavy atom. The zero-order valence-electron chi connectivity index (χ0n) is 8.19. The summed E-state index contributed by atoms with van der Waals surface area (Å²) in [5.41, 5.74) is 0.349. The Bertz CT molecular complexity index is 300. The number of ether oxygens (including phenoxy) is 1. The Hall–Kier alpha value is -1.51. The van der Waals surface area contributed by atoms with E-state index in [0.717, 1.165) is 0 Å². The summed E-state index contributed by atoms with van der Waals surface area (Å²) in [6.45, 7) is 3.60. The van der Waals surface area contributed by atoms with E-state index in [9.17, 15) is 9.90 Å². The number of carbonyl (C=O) groups excluding carboxylic acids is 1. The first-order valence-electron chi connectivity index (χ1n) is 4.48. The highest BCUT2D eigenvalue weighted by Gasteiger charge is 2.22. The first-order chi connectivity index (χ1) is 6.70. The first kappa shape index (κ1) is 10.6. The number of hydrogen-bond acceptors (Lipinski definition) is 3. The van der Waals surface area contributed by atoms with E-state index in [1.807, 2.05) is 12.2 Å². The van der Waals surface area contributed by atoms with Crippen molar-refractivity contribution in [1.82, 2.24) is 0 Å². The number of rotatable bonds is 3. The molecule has 0 aliphatic heterocycles. The third kappa shape index (κ3) is 2.05. The summed E-state index contributed by atoms with van der Waals surface area (Å²) in [6, 6.07) is 0. The number of aliphatic hydroxyl groups excluding tert-OH is 1. The van der Waals surface area contributed by atoms with E-state index in [0.29, 0.717) is 18.4 Å². The zero-order valence-corrected chi connectivity index (χ0v) is 8.19. The zero-order chi connectivity index (χ0) is 10.6. The molecule has 1 aliphatic rings. The Kier molecular flexibility index (Phi) is 3.51. The van der Waals surface area contributed by atoms with E-state index in [2.05, 4.69) is 11.3 Å². The van der Waals surface area contributed by atoms with Crippen LogP contribution in [0.3, 0.4) is 0 Å². The summed E-state index contributed by atoms with van der Waals surface area (Å²) in [7, 11) is 1.31. The van der Waals surface area contributed by atoms with Crippen molar-refractivity contribution in [2.75, 3.05) is 7.11 Å². The van der Waals surface area contributed by atoms with E-state index in [4.69, 9.17) is 0 Å². The average Bonchev–Trinajstić information content (AvgIpc) is 2.20. The second-order valence-electron chi connectivity index (χ2n) is 3.12. The lowest BCUT2D eigenvalue weighted by Gasteiger charge is -2.17. The molecule has 0 heterocycles. The summed E-state index contributed by atoms with van der Waals surface area (Å²) >= 11 is 0. The third-order valence-corrected chi connectivity index (χ3v) is 2.20. The van der Waals surface area contributed by atoms with Crippen LogP contribution in [0.5, 0.6) is 0 Å². The number of hydrogen-bond donors (Lipinski definition) is 1. The Morgan fingerprint density at radius 1 is 1.86 bits per heavy atom. The predicted octanol–water partition coefficient (Wildman–Crippen LogP) is 2.12. The Balaban J connectivity index is 2.87. The third-order valence-electron chi connectivity index (χ3n) is 2.20. The van der Waals surface area contributed by atoms with E-state index < -0.39 is 5.97 Å². The quantitative estimate of drug-likeness (QED) is 0.553. The number of allylic oxidation sites excluding steroid dienone is 3. The molecule has 14 heavy (non-hydrogen) atoms. The van der Waals surface area contributed by atoms with Crippen molar-refractivity contribution < 1.29 is 14.6 Å². The predicted molar refractivity (Wildman–Crippen MR) is 53.7 cm³/mol. The summed E-state index contributed by atoms with van der Waals surface area (Å²) in [4.78, 5) is 11.2. The molecule has 0 aromatic rings. The van der Waals surface area contributed by atoms with Crippen molar-refractivity contribution in [1.29, 1.82) is 0 Å². The van der Waals surface area contributed by atoms with Crippen LogP contribution in [0.25, 0.3) is 0 Å². The van der Waals surface area contributed by atoms with Crippen molar-refractivity contribution >= 4 is 5.97 Å². The monoisotopic (exact) mass is 194 g/mol. The van der Waals surface area contributed by atoms with Gasteiger partial charge in [-0.1, -0.05) is 18.2 Å². The van der Waals surface area contributed by atoms with Gasteiger partial charge in [0.15, 0.2) is 0 Å². The summed E-state index contributed by atoms with van der Waals surface area (Å²) < 4.78 is 4.57. The number of aliphatic hydroxyl groups is 1. The van der Waals surface area contributed by atoms with Crippen LogP contribution in [-0.4, -0.2) is 18.2 Å². The molecule has 3 nitrogen and oxygen atoms in total. The summed E-state index contributed by atoms with van der Waals surface area (Å²) in [5, 5.41) is 9.74. The molecule has 3 heteroatoms. The minimum Gasteiger partial charge on any atom is -0.511 e. The van der Waals surface area contributed by atoms with Crippen LogP contribution in [0.2, 0.25) is 0 Å². The van der Waals surface area contributed by atoms with Crippen LogP contribution in [0.15, 0.2) is 36.1 Å². The van der Waals surface area contributed by atoms with Crippen molar-refractivity contribution in [2.24, 2.45) is 5.92 Å². The van der Waals surface area contributed by atoms with Crippen LogP contribution < -0.4 is 0 Å². The van der Waals surface area contributed by atoms with Gasteiger partial charge in [-0.15, -0.1) is 6.58 Å². The van der Waals surface area contributed by atoms with Gasteiger partial charge in [0, 0.05) is 12.3 Å². The van der Waals surface area contributed by atoms with Crippen LogP contribution in [0.1, 0.15) is 12.8 Å². The minimum atomic E-state index is -0.457. The lowest BCUT2D eigenvalue weighted by molar-refractivity contribution is -0.136. The summed E-state index contributed by atoms with van der Waals surface area (Å²) in [6.07, 6.45) is 6.52. The van der Waals surface area contributed by atoms with Gasteiger partial charge in [-0.25, -0.2) is 4.79 Å². The molecule has 1 atom stereocenters. The van der Waals surface area contributed by atoms with Gasteiger partial charge in [-0.2, -0.15) is 0 Å². The number of methoxy groups -OCH3 is 1.